The normalized spacial score (nSPS) is 14.9. The van der Waals surface area contributed by atoms with Crippen LogP contribution in [-0.4, -0.2) is 20.5 Å². The van der Waals surface area contributed by atoms with Crippen LogP contribution in [0.5, 0.6) is 0 Å². The van der Waals surface area contributed by atoms with Crippen LogP contribution < -0.4 is 0 Å². The Bertz CT molecular complexity index is 485. The fourth-order valence-electron chi connectivity index (χ4n) is 1.58. The quantitative estimate of drug-likeness (QED) is 0.908. The number of benzene rings is 1. The Morgan fingerprint density at radius 3 is 2.53 bits per heavy atom. The summed E-state index contributed by atoms with van der Waals surface area (Å²) in [6, 6.07) is 4.44. The van der Waals surface area contributed by atoms with Crippen LogP contribution in [0.25, 0.3) is 0 Å². The summed E-state index contributed by atoms with van der Waals surface area (Å²) in [6.45, 7) is 1.57. The van der Waals surface area contributed by atoms with Crippen molar-refractivity contribution in [2.75, 3.05) is 0 Å². The maximum Gasteiger partial charge on any atom is 0.416 e. The van der Waals surface area contributed by atoms with Gasteiger partial charge in [0, 0.05) is 16.6 Å². The second-order valence-electron chi connectivity index (χ2n) is 3.96. The minimum absolute atomic E-state index is 0.168. The largest absolute Gasteiger partial charge is 0.480 e. The Balaban J connectivity index is 2.89. The molecule has 0 saturated carbocycles. The molecule has 0 radical (unpaired) electrons. The van der Waals surface area contributed by atoms with Crippen LogP contribution >= 0.6 is 0 Å². The number of aliphatic carboxylic acids is 1. The van der Waals surface area contributed by atoms with Crippen molar-refractivity contribution in [3.63, 3.8) is 0 Å². The van der Waals surface area contributed by atoms with Gasteiger partial charge in [-0.2, -0.15) is 13.2 Å². The molecule has 1 aromatic rings. The molecule has 2 unspecified atom stereocenters. The highest BCUT2D eigenvalue weighted by Gasteiger charge is 2.30. The number of carboxylic acid groups (broad SMARTS) is 1. The number of hydrogen-bond donors (Lipinski definition) is 1. The summed E-state index contributed by atoms with van der Waals surface area (Å²) in [4.78, 5) is 10.8. The first kappa shape index (κ1) is 15.7. The van der Waals surface area contributed by atoms with Gasteiger partial charge >= 0.3 is 12.1 Å². The number of rotatable bonds is 5. The van der Waals surface area contributed by atoms with Crippen molar-refractivity contribution in [1.29, 1.82) is 0 Å². The number of alkyl halides is 3. The van der Waals surface area contributed by atoms with Gasteiger partial charge in [0.1, 0.15) is 5.25 Å². The van der Waals surface area contributed by atoms with Gasteiger partial charge in [-0.25, -0.2) is 0 Å². The van der Waals surface area contributed by atoms with Crippen molar-refractivity contribution in [2.45, 2.75) is 30.5 Å². The minimum Gasteiger partial charge on any atom is -0.480 e. The number of carboxylic acids is 1. The average molecular weight is 294 g/mol. The summed E-state index contributed by atoms with van der Waals surface area (Å²) in [5.41, 5.74) is -0.613. The van der Waals surface area contributed by atoms with E-state index in [9.17, 15) is 22.2 Å². The molecular weight excluding hydrogens is 281 g/mol. The third-order valence-electron chi connectivity index (χ3n) is 2.53. The van der Waals surface area contributed by atoms with Crippen LogP contribution in [0.4, 0.5) is 13.2 Å². The van der Waals surface area contributed by atoms with E-state index < -0.39 is 33.8 Å². The van der Waals surface area contributed by atoms with E-state index >= 15 is 0 Å². The summed E-state index contributed by atoms with van der Waals surface area (Å²) in [5, 5.41) is 7.77. The third-order valence-corrected chi connectivity index (χ3v) is 4.31. The zero-order chi connectivity index (χ0) is 14.6. The first-order valence-electron chi connectivity index (χ1n) is 5.51. The summed E-state index contributed by atoms with van der Waals surface area (Å²) in [6.07, 6.45) is -4.30. The maximum atomic E-state index is 12.5. The van der Waals surface area contributed by atoms with Gasteiger partial charge in [0.05, 0.1) is 5.56 Å². The fraction of sp³-hybridized carbons (Fsp3) is 0.417. The van der Waals surface area contributed by atoms with E-state index in [2.05, 4.69) is 0 Å². The van der Waals surface area contributed by atoms with Crippen molar-refractivity contribution >= 4 is 16.8 Å². The fourth-order valence-corrected chi connectivity index (χ4v) is 2.88. The van der Waals surface area contributed by atoms with Crippen LogP contribution in [0.2, 0.25) is 0 Å². The molecule has 106 valence electrons. The molecule has 0 aliphatic rings. The van der Waals surface area contributed by atoms with E-state index in [-0.39, 0.29) is 17.7 Å². The summed E-state index contributed by atoms with van der Waals surface area (Å²) in [5.74, 6) is -1.40. The SMILES string of the molecule is CCC(C(=O)O)S(=O)Cc1cccc(C(F)(F)F)c1. The zero-order valence-electron chi connectivity index (χ0n) is 10.1. The molecule has 0 amide bonds. The lowest BCUT2D eigenvalue weighted by Gasteiger charge is -2.11. The molecule has 0 fully saturated rings. The molecule has 0 heterocycles. The molecule has 0 aliphatic heterocycles. The summed E-state index contributed by atoms with van der Waals surface area (Å²) >= 11 is 0. The van der Waals surface area contributed by atoms with Gasteiger partial charge in [0.25, 0.3) is 0 Å². The first-order chi connectivity index (χ1) is 8.75. The van der Waals surface area contributed by atoms with Crippen LogP contribution in [0.15, 0.2) is 24.3 Å². The molecule has 0 saturated heterocycles. The first-order valence-corrected chi connectivity index (χ1v) is 6.90. The molecular formula is C12H13F3O3S. The van der Waals surface area contributed by atoms with Gasteiger partial charge in [-0.05, 0) is 18.1 Å². The van der Waals surface area contributed by atoms with Gasteiger partial charge in [-0.3, -0.25) is 9.00 Å². The van der Waals surface area contributed by atoms with Crippen molar-refractivity contribution in [1.82, 2.24) is 0 Å². The highest BCUT2D eigenvalue weighted by atomic mass is 32.2. The maximum absolute atomic E-state index is 12.5. The highest BCUT2D eigenvalue weighted by molar-refractivity contribution is 7.85. The number of carbonyl (C=O) groups is 1. The molecule has 3 nitrogen and oxygen atoms in total. The monoisotopic (exact) mass is 294 g/mol. The van der Waals surface area contributed by atoms with Crippen molar-refractivity contribution in [2.24, 2.45) is 0 Å². The van der Waals surface area contributed by atoms with Gasteiger partial charge in [0.2, 0.25) is 0 Å². The highest BCUT2D eigenvalue weighted by Crippen LogP contribution is 2.29. The van der Waals surface area contributed by atoms with Gasteiger partial charge in [-0.1, -0.05) is 25.1 Å². The molecule has 2 atom stereocenters. The molecule has 0 spiro atoms. The van der Waals surface area contributed by atoms with Gasteiger partial charge in [0.15, 0.2) is 0 Å². The van der Waals surface area contributed by atoms with Crippen LogP contribution in [0, 0.1) is 0 Å². The lowest BCUT2D eigenvalue weighted by molar-refractivity contribution is -0.138. The Morgan fingerprint density at radius 2 is 2.05 bits per heavy atom. The Hall–Kier alpha value is -1.37. The predicted molar refractivity (Wildman–Crippen MR) is 65.0 cm³/mol. The molecule has 7 heteroatoms. The van der Waals surface area contributed by atoms with Crippen LogP contribution in [0.1, 0.15) is 24.5 Å². The molecule has 0 bridgehead atoms. The average Bonchev–Trinajstić information content (AvgIpc) is 2.28. The number of hydrogen-bond acceptors (Lipinski definition) is 2. The van der Waals surface area contributed by atoms with Crippen LogP contribution in [-0.2, 0) is 27.5 Å². The summed E-state index contributed by atoms with van der Waals surface area (Å²) < 4.78 is 49.3. The van der Waals surface area contributed by atoms with Gasteiger partial charge in [-0.15, -0.1) is 0 Å². The standard InChI is InChI=1S/C12H13F3O3S/c1-2-10(11(16)17)19(18)7-8-4-3-5-9(6-8)12(13,14)15/h3-6,10H,2,7H2,1H3,(H,16,17). The van der Waals surface area contributed by atoms with E-state index in [0.717, 1.165) is 12.1 Å². The Labute approximate surface area is 110 Å². The molecule has 1 aromatic carbocycles. The summed E-state index contributed by atoms with van der Waals surface area (Å²) in [7, 11) is -1.74. The molecule has 0 aromatic heterocycles. The second kappa shape index (κ2) is 6.18. The predicted octanol–water partition coefficient (Wildman–Crippen LogP) is 2.82. The Kier molecular flexibility index (Phi) is 5.11. The lowest BCUT2D eigenvalue weighted by atomic mass is 10.1. The Morgan fingerprint density at radius 1 is 1.42 bits per heavy atom. The van der Waals surface area contributed by atoms with Crippen molar-refractivity contribution < 1.29 is 27.3 Å². The van der Waals surface area contributed by atoms with Crippen LogP contribution in [0.3, 0.4) is 0 Å². The van der Waals surface area contributed by atoms with E-state index in [1.54, 1.807) is 6.92 Å². The second-order valence-corrected chi connectivity index (χ2v) is 5.58. The van der Waals surface area contributed by atoms with E-state index in [4.69, 9.17) is 5.11 Å². The molecule has 19 heavy (non-hydrogen) atoms. The van der Waals surface area contributed by atoms with E-state index in [0.29, 0.717) is 0 Å². The minimum atomic E-state index is -4.46. The number of halogens is 3. The zero-order valence-corrected chi connectivity index (χ0v) is 10.9. The van der Waals surface area contributed by atoms with Crippen molar-refractivity contribution in [3.05, 3.63) is 35.4 Å². The molecule has 0 aliphatic carbocycles. The van der Waals surface area contributed by atoms with Crippen molar-refractivity contribution in [3.8, 4) is 0 Å². The topological polar surface area (TPSA) is 54.4 Å². The lowest BCUT2D eigenvalue weighted by Crippen LogP contribution is -2.25. The smallest absolute Gasteiger partial charge is 0.416 e. The molecule has 1 N–H and O–H groups in total. The third kappa shape index (κ3) is 4.34. The van der Waals surface area contributed by atoms with E-state index in [1.807, 2.05) is 0 Å². The van der Waals surface area contributed by atoms with Gasteiger partial charge < -0.3 is 5.11 Å². The molecule has 1 rings (SSSR count). The van der Waals surface area contributed by atoms with E-state index in [1.165, 1.54) is 12.1 Å².